The Hall–Kier alpha value is -4.34. The van der Waals surface area contributed by atoms with Gasteiger partial charge in [0.05, 0.1) is 24.4 Å². The summed E-state index contributed by atoms with van der Waals surface area (Å²) in [7, 11) is 1.43. The number of ether oxygens (including phenoxy) is 1. The van der Waals surface area contributed by atoms with E-state index in [-0.39, 0.29) is 46.5 Å². The number of amides is 2. The number of hydroxylamine groups is 2. The van der Waals surface area contributed by atoms with Gasteiger partial charge in [0.25, 0.3) is 11.8 Å². The number of Topliss-reactive ketones (excluding diaryl/α,β-unsaturated/α-hetero) is 1. The zero-order chi connectivity index (χ0) is 30.9. The molecule has 2 amide bonds. The number of imide groups is 1. The molecule has 6 atom stereocenters. The number of halogens is 1. The average molecular weight is 655 g/mol. The van der Waals surface area contributed by atoms with E-state index >= 15 is 0 Å². The lowest BCUT2D eigenvalue weighted by atomic mass is 9.44. The molecular formula is C35H28BrNO7. The molecular weight excluding hydrogens is 626 g/mol. The van der Waals surface area contributed by atoms with Crippen LogP contribution in [-0.4, -0.2) is 45.9 Å². The number of carbonyl (C=O) groups excluding carboxylic acids is 4. The third-order valence-corrected chi connectivity index (χ3v) is 10.4. The van der Waals surface area contributed by atoms with Crippen molar-refractivity contribution in [1.82, 2.24) is 5.06 Å². The Balaban J connectivity index is 1.56. The van der Waals surface area contributed by atoms with Gasteiger partial charge in [0, 0.05) is 27.4 Å². The molecule has 1 heterocycles. The van der Waals surface area contributed by atoms with E-state index in [1.165, 1.54) is 13.2 Å². The van der Waals surface area contributed by atoms with Crippen molar-refractivity contribution < 1.29 is 34.2 Å². The first-order valence-electron chi connectivity index (χ1n) is 14.4. The predicted molar refractivity (Wildman–Crippen MR) is 163 cm³/mol. The van der Waals surface area contributed by atoms with Crippen LogP contribution in [0.1, 0.15) is 35.4 Å². The number of aromatic hydroxyl groups is 1. The van der Waals surface area contributed by atoms with Gasteiger partial charge >= 0.3 is 0 Å². The molecule has 44 heavy (non-hydrogen) atoms. The predicted octanol–water partition coefficient (Wildman–Crippen LogP) is 5.38. The highest BCUT2D eigenvalue weighted by molar-refractivity contribution is 9.10. The summed E-state index contributed by atoms with van der Waals surface area (Å²) in [5.41, 5.74) is 1.03. The first-order chi connectivity index (χ1) is 21.2. The number of hydrogen-bond donors (Lipinski definition) is 2. The van der Waals surface area contributed by atoms with Crippen LogP contribution < -0.4 is 4.74 Å². The summed E-state index contributed by atoms with van der Waals surface area (Å²) in [6.45, 7) is 0. The van der Waals surface area contributed by atoms with E-state index in [0.717, 1.165) is 0 Å². The molecule has 0 aromatic heterocycles. The second-order valence-corrected chi connectivity index (χ2v) is 12.7. The maximum absolute atomic E-state index is 14.9. The zero-order valence-corrected chi connectivity index (χ0v) is 25.2. The second-order valence-electron chi connectivity index (χ2n) is 11.8. The van der Waals surface area contributed by atoms with Crippen LogP contribution in [0.2, 0.25) is 0 Å². The number of hydrogen-bond acceptors (Lipinski definition) is 7. The Morgan fingerprint density at radius 1 is 0.932 bits per heavy atom. The fourth-order valence-corrected chi connectivity index (χ4v) is 8.63. The lowest BCUT2D eigenvalue weighted by molar-refractivity contribution is -0.173. The number of phenolic OH excluding ortho intramolecular Hbond substituents is 1. The van der Waals surface area contributed by atoms with E-state index in [0.29, 0.717) is 26.7 Å². The van der Waals surface area contributed by atoms with Crippen LogP contribution in [0.3, 0.4) is 0 Å². The minimum Gasteiger partial charge on any atom is -0.504 e. The van der Waals surface area contributed by atoms with Crippen LogP contribution in [0.25, 0.3) is 5.57 Å². The summed E-state index contributed by atoms with van der Waals surface area (Å²) >= 11 is 3.53. The fourth-order valence-electron chi connectivity index (χ4n) is 8.17. The van der Waals surface area contributed by atoms with E-state index < -0.39 is 46.8 Å². The molecule has 222 valence electrons. The van der Waals surface area contributed by atoms with Gasteiger partial charge < -0.3 is 9.84 Å². The monoisotopic (exact) mass is 653 g/mol. The standard InChI is InChI=1S/C35H28BrNO7/c1-44-27-15-20(36)14-25(32(27)40)30-21-12-13-22-29(34(42)37(43)33(22)41)24(21)16-26-31(39)23(18-8-4-2-5-9-18)17-28(38)35(26,30)19-10-6-3-7-11-19/h2-12,14-15,17,22,24,26,29-30,40,43H,13,16H2,1H3. The van der Waals surface area contributed by atoms with Gasteiger partial charge in [-0.1, -0.05) is 88.2 Å². The highest BCUT2D eigenvalue weighted by atomic mass is 79.9. The number of rotatable bonds is 4. The van der Waals surface area contributed by atoms with Crippen molar-refractivity contribution in [2.24, 2.45) is 23.7 Å². The van der Waals surface area contributed by atoms with Gasteiger partial charge in [0.1, 0.15) is 0 Å². The number of allylic oxidation sites excluding steroid dienone is 4. The van der Waals surface area contributed by atoms with E-state index in [1.54, 1.807) is 36.4 Å². The Morgan fingerprint density at radius 3 is 2.30 bits per heavy atom. The normalized spacial score (nSPS) is 29.4. The molecule has 2 N–H and O–H groups in total. The van der Waals surface area contributed by atoms with Crippen molar-refractivity contribution in [2.45, 2.75) is 24.2 Å². The molecule has 3 aliphatic carbocycles. The highest BCUT2D eigenvalue weighted by Crippen LogP contribution is 2.65. The molecule has 1 saturated heterocycles. The Kier molecular flexibility index (Phi) is 6.71. The molecule has 9 heteroatoms. The van der Waals surface area contributed by atoms with Crippen LogP contribution in [-0.2, 0) is 24.6 Å². The lowest BCUT2D eigenvalue weighted by Crippen LogP contribution is -2.58. The molecule has 1 aliphatic heterocycles. The maximum Gasteiger partial charge on any atom is 0.257 e. The van der Waals surface area contributed by atoms with E-state index in [1.807, 2.05) is 42.5 Å². The maximum atomic E-state index is 14.9. The van der Waals surface area contributed by atoms with Gasteiger partial charge in [-0.2, -0.15) is 5.06 Å². The van der Waals surface area contributed by atoms with Gasteiger partial charge in [-0.05, 0) is 48.1 Å². The quantitative estimate of drug-likeness (QED) is 0.220. The van der Waals surface area contributed by atoms with E-state index in [9.17, 15) is 29.5 Å². The van der Waals surface area contributed by atoms with Gasteiger partial charge in [-0.25, -0.2) is 0 Å². The summed E-state index contributed by atoms with van der Waals surface area (Å²) in [4.78, 5) is 56.0. The van der Waals surface area contributed by atoms with Crippen molar-refractivity contribution in [1.29, 1.82) is 0 Å². The van der Waals surface area contributed by atoms with Gasteiger partial charge in [0.15, 0.2) is 23.1 Å². The minimum atomic E-state index is -1.49. The highest BCUT2D eigenvalue weighted by Gasteiger charge is 2.66. The molecule has 0 radical (unpaired) electrons. The average Bonchev–Trinajstić information content (AvgIpc) is 3.27. The largest absolute Gasteiger partial charge is 0.504 e. The van der Waals surface area contributed by atoms with Gasteiger partial charge in [-0.15, -0.1) is 0 Å². The molecule has 7 rings (SSSR count). The van der Waals surface area contributed by atoms with Gasteiger partial charge in [-0.3, -0.25) is 24.4 Å². The summed E-state index contributed by atoms with van der Waals surface area (Å²) in [5.74, 6) is -6.15. The number of nitrogens with zero attached hydrogens (tertiary/aromatic N) is 1. The molecule has 8 nitrogen and oxygen atoms in total. The van der Waals surface area contributed by atoms with Crippen LogP contribution >= 0.6 is 15.9 Å². The van der Waals surface area contributed by atoms with Crippen molar-refractivity contribution in [3.63, 3.8) is 0 Å². The molecule has 4 aliphatic rings. The van der Waals surface area contributed by atoms with Crippen LogP contribution in [0.4, 0.5) is 0 Å². The third-order valence-electron chi connectivity index (χ3n) is 9.95. The summed E-state index contributed by atoms with van der Waals surface area (Å²) in [5, 5.41) is 22.2. The second kappa shape index (κ2) is 10.4. The molecule has 0 bridgehead atoms. The number of fused-ring (bicyclic) bond motifs is 4. The van der Waals surface area contributed by atoms with Crippen LogP contribution in [0.15, 0.2) is 95.0 Å². The van der Waals surface area contributed by atoms with Crippen molar-refractivity contribution in [3.8, 4) is 11.5 Å². The Bertz CT molecular complexity index is 1800. The van der Waals surface area contributed by atoms with Crippen molar-refractivity contribution in [3.05, 3.63) is 112 Å². The third kappa shape index (κ3) is 3.85. The minimum absolute atomic E-state index is 0.103. The van der Waals surface area contributed by atoms with Gasteiger partial charge in [0.2, 0.25) is 0 Å². The van der Waals surface area contributed by atoms with Crippen molar-refractivity contribution in [2.75, 3.05) is 7.11 Å². The van der Waals surface area contributed by atoms with E-state index in [4.69, 9.17) is 4.74 Å². The first kappa shape index (κ1) is 28.4. The molecule has 2 fully saturated rings. The number of methoxy groups -OCH3 is 1. The Morgan fingerprint density at radius 2 is 1.61 bits per heavy atom. The fraction of sp³-hybridized carbons (Fsp3) is 0.257. The number of ketones is 2. The summed E-state index contributed by atoms with van der Waals surface area (Å²) < 4.78 is 6.09. The molecule has 3 aromatic carbocycles. The van der Waals surface area contributed by atoms with Crippen LogP contribution in [0.5, 0.6) is 11.5 Å². The summed E-state index contributed by atoms with van der Waals surface area (Å²) in [6, 6.07) is 21.4. The first-order valence-corrected chi connectivity index (χ1v) is 15.2. The molecule has 6 unspecified atom stereocenters. The van der Waals surface area contributed by atoms with E-state index in [2.05, 4.69) is 15.9 Å². The SMILES string of the molecule is COc1cc(Br)cc(C2C3=CCC4C(=O)N(O)C(=O)C4C3CC3C(=O)C(c4ccccc4)=CC(=O)C32c2ccccc2)c1O. The molecule has 0 spiro atoms. The molecule has 3 aromatic rings. The number of carbonyl (C=O) groups is 4. The van der Waals surface area contributed by atoms with Crippen molar-refractivity contribution >= 4 is 44.9 Å². The smallest absolute Gasteiger partial charge is 0.257 e. The summed E-state index contributed by atoms with van der Waals surface area (Å²) in [6.07, 6.45) is 3.56. The molecule has 1 saturated carbocycles. The van der Waals surface area contributed by atoms with Crippen LogP contribution in [0, 0.1) is 23.7 Å². The number of phenols is 1. The Labute approximate surface area is 261 Å². The zero-order valence-electron chi connectivity index (χ0n) is 23.6. The lowest BCUT2D eigenvalue weighted by Gasteiger charge is -2.55. The number of benzene rings is 3. The topological polar surface area (TPSA) is 121 Å².